The highest BCUT2D eigenvalue weighted by molar-refractivity contribution is 9.10. The summed E-state index contributed by atoms with van der Waals surface area (Å²) in [6.45, 7) is 0. The van der Waals surface area contributed by atoms with Gasteiger partial charge in [-0.25, -0.2) is 0 Å². The number of hydrogen-bond donors (Lipinski definition) is 0. The Morgan fingerprint density at radius 1 is 1.11 bits per heavy atom. The fourth-order valence-electron chi connectivity index (χ4n) is 2.80. The first-order chi connectivity index (χ1) is 9.24. The van der Waals surface area contributed by atoms with E-state index < -0.39 is 0 Å². The van der Waals surface area contributed by atoms with Crippen LogP contribution in [0.15, 0.2) is 53.0 Å². The summed E-state index contributed by atoms with van der Waals surface area (Å²) in [5.74, 6) is 0.436. The molecular formula is C17H15BrO. The molecule has 1 unspecified atom stereocenters. The van der Waals surface area contributed by atoms with Crippen LogP contribution in [0.4, 0.5) is 0 Å². The number of carbonyl (C=O) groups excluding carboxylic acids is 1. The number of hydrogen-bond acceptors (Lipinski definition) is 1. The van der Waals surface area contributed by atoms with Gasteiger partial charge >= 0.3 is 0 Å². The highest BCUT2D eigenvalue weighted by Crippen LogP contribution is 2.28. The molecule has 1 nitrogen and oxygen atoms in total. The molecule has 0 fully saturated rings. The molecule has 0 radical (unpaired) electrons. The van der Waals surface area contributed by atoms with Gasteiger partial charge in [0.2, 0.25) is 0 Å². The standard InChI is InChI=1S/C17H15BrO/c18-15-6-3-4-12(11-15)10-14-9-8-13-5-1-2-7-16(13)17(14)19/h1-7,11,14H,8-10H2. The Morgan fingerprint density at radius 3 is 2.79 bits per heavy atom. The number of carbonyl (C=O) groups is 1. The predicted molar refractivity (Wildman–Crippen MR) is 80.4 cm³/mol. The van der Waals surface area contributed by atoms with Crippen LogP contribution in [0.25, 0.3) is 0 Å². The van der Waals surface area contributed by atoms with E-state index in [-0.39, 0.29) is 5.92 Å². The molecule has 2 aromatic carbocycles. The van der Waals surface area contributed by atoms with Crippen LogP contribution < -0.4 is 0 Å². The molecule has 0 spiro atoms. The van der Waals surface area contributed by atoms with E-state index in [2.05, 4.69) is 34.1 Å². The van der Waals surface area contributed by atoms with Crippen LogP contribution in [0.5, 0.6) is 0 Å². The van der Waals surface area contributed by atoms with Gasteiger partial charge in [-0.05, 0) is 42.5 Å². The molecule has 0 N–H and O–H groups in total. The van der Waals surface area contributed by atoms with E-state index in [0.29, 0.717) is 5.78 Å². The van der Waals surface area contributed by atoms with Gasteiger partial charge < -0.3 is 0 Å². The van der Waals surface area contributed by atoms with Crippen molar-refractivity contribution in [3.05, 3.63) is 69.7 Å². The van der Waals surface area contributed by atoms with Crippen LogP contribution >= 0.6 is 15.9 Å². The van der Waals surface area contributed by atoms with E-state index in [4.69, 9.17) is 0 Å². The van der Waals surface area contributed by atoms with Crippen LogP contribution in [-0.2, 0) is 12.8 Å². The van der Waals surface area contributed by atoms with E-state index >= 15 is 0 Å². The van der Waals surface area contributed by atoms with Crippen LogP contribution in [0, 0.1) is 5.92 Å². The molecule has 19 heavy (non-hydrogen) atoms. The lowest BCUT2D eigenvalue weighted by molar-refractivity contribution is 0.0901. The van der Waals surface area contributed by atoms with Gasteiger partial charge in [-0.15, -0.1) is 0 Å². The van der Waals surface area contributed by atoms with Crippen molar-refractivity contribution in [2.24, 2.45) is 5.92 Å². The molecule has 2 aromatic rings. The van der Waals surface area contributed by atoms with E-state index in [9.17, 15) is 4.79 Å². The average molecular weight is 315 g/mol. The second kappa shape index (κ2) is 5.30. The molecule has 1 aliphatic rings. The Balaban J connectivity index is 1.83. The highest BCUT2D eigenvalue weighted by Gasteiger charge is 2.26. The molecule has 0 saturated carbocycles. The Labute approximate surface area is 121 Å². The van der Waals surface area contributed by atoms with Gasteiger partial charge in [0.15, 0.2) is 5.78 Å². The summed E-state index contributed by atoms with van der Waals surface area (Å²) in [5.41, 5.74) is 3.36. The van der Waals surface area contributed by atoms with Crippen LogP contribution in [0.3, 0.4) is 0 Å². The summed E-state index contributed by atoms with van der Waals surface area (Å²) in [6, 6.07) is 16.3. The quantitative estimate of drug-likeness (QED) is 0.801. The van der Waals surface area contributed by atoms with Gasteiger partial charge in [-0.3, -0.25) is 4.79 Å². The zero-order chi connectivity index (χ0) is 13.2. The lowest BCUT2D eigenvalue weighted by Gasteiger charge is -2.23. The number of Topliss-reactive ketones (excluding diaryl/α,β-unsaturated/α-hetero) is 1. The number of halogens is 1. The third-order valence-electron chi connectivity index (χ3n) is 3.79. The van der Waals surface area contributed by atoms with Crippen LogP contribution in [0.1, 0.15) is 27.9 Å². The van der Waals surface area contributed by atoms with E-state index in [1.54, 1.807) is 0 Å². The lowest BCUT2D eigenvalue weighted by atomic mass is 9.80. The first kappa shape index (κ1) is 12.6. The third-order valence-corrected chi connectivity index (χ3v) is 4.28. The monoisotopic (exact) mass is 314 g/mol. The molecule has 0 heterocycles. The molecule has 1 atom stereocenters. The predicted octanol–water partition coefficient (Wildman–Crippen LogP) is 4.44. The van der Waals surface area contributed by atoms with Gasteiger partial charge in [0, 0.05) is 16.0 Å². The molecule has 3 rings (SSSR count). The van der Waals surface area contributed by atoms with Gasteiger partial charge in [0.25, 0.3) is 0 Å². The minimum Gasteiger partial charge on any atom is -0.294 e. The number of ketones is 1. The van der Waals surface area contributed by atoms with E-state index in [0.717, 1.165) is 29.3 Å². The van der Waals surface area contributed by atoms with Gasteiger partial charge in [0.1, 0.15) is 0 Å². The third kappa shape index (κ3) is 2.64. The van der Waals surface area contributed by atoms with Crippen molar-refractivity contribution in [2.75, 3.05) is 0 Å². The van der Waals surface area contributed by atoms with Crippen LogP contribution in [-0.4, -0.2) is 5.78 Å². The molecule has 1 aliphatic carbocycles. The molecule has 96 valence electrons. The molecule has 0 amide bonds. The van der Waals surface area contributed by atoms with Crippen molar-refractivity contribution in [1.29, 1.82) is 0 Å². The van der Waals surface area contributed by atoms with Gasteiger partial charge in [0.05, 0.1) is 0 Å². The Hall–Kier alpha value is -1.41. The SMILES string of the molecule is O=C1c2ccccc2CCC1Cc1cccc(Br)c1. The maximum atomic E-state index is 12.5. The topological polar surface area (TPSA) is 17.1 Å². The Bertz CT molecular complexity index is 618. The smallest absolute Gasteiger partial charge is 0.166 e. The molecule has 2 heteroatoms. The zero-order valence-corrected chi connectivity index (χ0v) is 12.2. The van der Waals surface area contributed by atoms with Crippen molar-refractivity contribution in [3.63, 3.8) is 0 Å². The molecule has 0 aromatic heterocycles. The minimum atomic E-state index is 0.129. The normalized spacial score (nSPS) is 18.2. The number of rotatable bonds is 2. The van der Waals surface area contributed by atoms with Gasteiger partial charge in [-0.1, -0.05) is 52.3 Å². The summed E-state index contributed by atoms with van der Waals surface area (Å²) in [7, 11) is 0. The second-order valence-corrected chi connectivity index (χ2v) is 6.01. The number of benzene rings is 2. The van der Waals surface area contributed by atoms with Gasteiger partial charge in [-0.2, -0.15) is 0 Å². The number of fused-ring (bicyclic) bond motifs is 1. The Morgan fingerprint density at radius 2 is 1.95 bits per heavy atom. The fourth-order valence-corrected chi connectivity index (χ4v) is 3.25. The second-order valence-electron chi connectivity index (χ2n) is 5.09. The van der Waals surface area contributed by atoms with Crippen molar-refractivity contribution in [1.82, 2.24) is 0 Å². The summed E-state index contributed by atoms with van der Waals surface area (Å²) < 4.78 is 1.08. The fraction of sp³-hybridized carbons (Fsp3) is 0.235. The first-order valence-electron chi connectivity index (χ1n) is 6.60. The van der Waals surface area contributed by atoms with E-state index in [1.807, 2.05) is 30.3 Å². The molecule has 0 saturated heterocycles. The minimum absolute atomic E-state index is 0.129. The summed E-state index contributed by atoms with van der Waals surface area (Å²) in [6.07, 6.45) is 2.82. The molecule has 0 aliphatic heterocycles. The molecule has 0 bridgehead atoms. The average Bonchev–Trinajstić information content (AvgIpc) is 2.42. The number of aryl methyl sites for hydroxylation is 1. The zero-order valence-electron chi connectivity index (χ0n) is 10.6. The summed E-state index contributed by atoms with van der Waals surface area (Å²) in [5, 5.41) is 0. The summed E-state index contributed by atoms with van der Waals surface area (Å²) >= 11 is 3.48. The maximum Gasteiger partial charge on any atom is 0.166 e. The van der Waals surface area contributed by atoms with Crippen molar-refractivity contribution in [3.8, 4) is 0 Å². The largest absolute Gasteiger partial charge is 0.294 e. The highest BCUT2D eigenvalue weighted by atomic mass is 79.9. The summed E-state index contributed by atoms with van der Waals surface area (Å²) in [4.78, 5) is 12.5. The molecular weight excluding hydrogens is 300 g/mol. The van der Waals surface area contributed by atoms with Crippen LogP contribution in [0.2, 0.25) is 0 Å². The van der Waals surface area contributed by atoms with E-state index in [1.165, 1.54) is 11.1 Å². The Kier molecular flexibility index (Phi) is 3.52. The van der Waals surface area contributed by atoms with Crippen molar-refractivity contribution < 1.29 is 4.79 Å². The van der Waals surface area contributed by atoms with Crippen molar-refractivity contribution in [2.45, 2.75) is 19.3 Å². The lowest BCUT2D eigenvalue weighted by Crippen LogP contribution is -2.24. The van der Waals surface area contributed by atoms with Crippen molar-refractivity contribution >= 4 is 21.7 Å². The maximum absolute atomic E-state index is 12.5. The first-order valence-corrected chi connectivity index (χ1v) is 7.40.